The summed E-state index contributed by atoms with van der Waals surface area (Å²) in [4.78, 5) is 12.8. The molecule has 2 N–H and O–H groups in total. The molecule has 0 fully saturated rings. The van der Waals surface area contributed by atoms with Crippen molar-refractivity contribution in [2.24, 2.45) is 4.99 Å². The fourth-order valence-corrected chi connectivity index (χ4v) is 2.82. The number of aliphatic imine (C=N–C) groups is 1. The largest absolute Gasteiger partial charge is 0.374 e. The van der Waals surface area contributed by atoms with Crippen LogP contribution in [0.2, 0.25) is 0 Å². The summed E-state index contributed by atoms with van der Waals surface area (Å²) in [6.45, 7) is 4.16. The Kier molecular flexibility index (Phi) is 8.34. The molecule has 0 radical (unpaired) electrons. The molecular formula is C22H28N6O2. The molecule has 2 heterocycles. The van der Waals surface area contributed by atoms with Gasteiger partial charge in [0, 0.05) is 39.4 Å². The molecular weight excluding hydrogens is 380 g/mol. The van der Waals surface area contributed by atoms with Crippen molar-refractivity contribution in [2.45, 2.75) is 25.9 Å². The Morgan fingerprint density at radius 3 is 2.67 bits per heavy atom. The van der Waals surface area contributed by atoms with Gasteiger partial charge in [-0.2, -0.15) is 4.98 Å². The molecule has 0 amide bonds. The van der Waals surface area contributed by atoms with Crippen LogP contribution in [0.4, 0.5) is 0 Å². The third-order valence-electron chi connectivity index (χ3n) is 4.47. The summed E-state index contributed by atoms with van der Waals surface area (Å²) in [6, 6.07) is 15.8. The van der Waals surface area contributed by atoms with E-state index in [0.717, 1.165) is 18.9 Å². The van der Waals surface area contributed by atoms with Crippen LogP contribution in [0.5, 0.6) is 0 Å². The first-order chi connectivity index (χ1) is 14.8. The maximum atomic E-state index is 5.89. The second-order valence-electron chi connectivity index (χ2n) is 6.68. The summed E-state index contributed by atoms with van der Waals surface area (Å²) < 4.78 is 11.2. The molecule has 2 aromatic heterocycles. The van der Waals surface area contributed by atoms with Crippen molar-refractivity contribution < 1.29 is 9.26 Å². The van der Waals surface area contributed by atoms with Crippen molar-refractivity contribution in [2.75, 3.05) is 26.7 Å². The summed E-state index contributed by atoms with van der Waals surface area (Å²) in [5.74, 6) is 1.79. The van der Waals surface area contributed by atoms with Crippen LogP contribution in [0.3, 0.4) is 0 Å². The average molecular weight is 409 g/mol. The van der Waals surface area contributed by atoms with Gasteiger partial charge in [0.05, 0.1) is 6.10 Å². The van der Waals surface area contributed by atoms with Gasteiger partial charge < -0.3 is 19.9 Å². The number of hydrogen-bond acceptors (Lipinski definition) is 6. The van der Waals surface area contributed by atoms with Gasteiger partial charge in [0.15, 0.2) is 11.8 Å². The number of nitrogens with one attached hydrogen (secondary N) is 2. The van der Waals surface area contributed by atoms with Crippen LogP contribution >= 0.6 is 0 Å². The molecule has 0 spiro atoms. The molecule has 0 saturated carbocycles. The molecule has 3 aromatic rings. The van der Waals surface area contributed by atoms with Crippen LogP contribution in [0, 0.1) is 0 Å². The Morgan fingerprint density at radius 1 is 1.10 bits per heavy atom. The van der Waals surface area contributed by atoms with Gasteiger partial charge in [-0.25, -0.2) is 0 Å². The normalized spacial score (nSPS) is 12.5. The Morgan fingerprint density at radius 2 is 1.90 bits per heavy atom. The SMILES string of the molecule is CN=C(NCCCOC(C)c1ccccc1)NCCc1noc(-c2ccccn2)n1. The van der Waals surface area contributed by atoms with Crippen LogP contribution in [-0.2, 0) is 11.2 Å². The van der Waals surface area contributed by atoms with E-state index in [1.165, 1.54) is 5.56 Å². The van der Waals surface area contributed by atoms with Gasteiger partial charge in [0.2, 0.25) is 0 Å². The fraction of sp³-hybridized carbons (Fsp3) is 0.364. The van der Waals surface area contributed by atoms with Gasteiger partial charge in [-0.3, -0.25) is 9.98 Å². The number of pyridine rings is 1. The molecule has 3 rings (SSSR count). The monoisotopic (exact) mass is 408 g/mol. The minimum atomic E-state index is 0.0922. The molecule has 158 valence electrons. The number of hydrogen-bond donors (Lipinski definition) is 2. The molecule has 0 saturated heterocycles. The Balaban J connectivity index is 1.31. The lowest BCUT2D eigenvalue weighted by atomic mass is 10.1. The van der Waals surface area contributed by atoms with Crippen LogP contribution in [0.15, 0.2) is 64.2 Å². The van der Waals surface area contributed by atoms with Crippen molar-refractivity contribution in [1.29, 1.82) is 0 Å². The van der Waals surface area contributed by atoms with E-state index in [2.05, 4.69) is 49.8 Å². The molecule has 8 nitrogen and oxygen atoms in total. The predicted octanol–water partition coefficient (Wildman–Crippen LogP) is 3.01. The van der Waals surface area contributed by atoms with Gasteiger partial charge in [0.1, 0.15) is 5.69 Å². The van der Waals surface area contributed by atoms with E-state index in [1.54, 1.807) is 13.2 Å². The van der Waals surface area contributed by atoms with Crippen LogP contribution in [0.25, 0.3) is 11.6 Å². The van der Waals surface area contributed by atoms with Crippen molar-refractivity contribution in [1.82, 2.24) is 25.8 Å². The topological polar surface area (TPSA) is 97.5 Å². The van der Waals surface area contributed by atoms with E-state index in [9.17, 15) is 0 Å². The molecule has 8 heteroatoms. The van der Waals surface area contributed by atoms with Gasteiger partial charge in [-0.1, -0.05) is 41.6 Å². The molecule has 30 heavy (non-hydrogen) atoms. The predicted molar refractivity (Wildman–Crippen MR) is 116 cm³/mol. The second-order valence-corrected chi connectivity index (χ2v) is 6.68. The average Bonchev–Trinajstić information content (AvgIpc) is 3.27. The van der Waals surface area contributed by atoms with Crippen molar-refractivity contribution in [3.63, 3.8) is 0 Å². The van der Waals surface area contributed by atoms with Gasteiger partial charge >= 0.3 is 0 Å². The van der Waals surface area contributed by atoms with Crippen molar-refractivity contribution >= 4 is 5.96 Å². The highest BCUT2D eigenvalue weighted by Gasteiger charge is 2.09. The standard InChI is InChI=1S/C22H28N6O2/c1-17(18-9-4-3-5-10-18)29-16-8-14-25-22(23-2)26-15-12-20-27-21(30-28-20)19-11-6-7-13-24-19/h3-7,9-11,13,17H,8,12,14-16H2,1-2H3,(H2,23,25,26). The number of rotatable bonds is 10. The third-order valence-corrected chi connectivity index (χ3v) is 4.47. The molecule has 0 bridgehead atoms. The van der Waals surface area contributed by atoms with E-state index >= 15 is 0 Å². The number of ether oxygens (including phenoxy) is 1. The zero-order chi connectivity index (χ0) is 21.0. The maximum Gasteiger partial charge on any atom is 0.276 e. The minimum Gasteiger partial charge on any atom is -0.374 e. The van der Waals surface area contributed by atoms with E-state index in [0.29, 0.717) is 37.0 Å². The van der Waals surface area contributed by atoms with E-state index < -0.39 is 0 Å². The zero-order valence-electron chi connectivity index (χ0n) is 17.4. The van der Waals surface area contributed by atoms with Gasteiger partial charge in [-0.15, -0.1) is 0 Å². The number of guanidine groups is 1. The van der Waals surface area contributed by atoms with Crippen LogP contribution < -0.4 is 10.6 Å². The first-order valence-electron chi connectivity index (χ1n) is 10.1. The van der Waals surface area contributed by atoms with Crippen molar-refractivity contribution in [3.8, 4) is 11.6 Å². The molecule has 0 aliphatic carbocycles. The lowest BCUT2D eigenvalue weighted by Gasteiger charge is -2.14. The molecule has 1 unspecified atom stereocenters. The van der Waals surface area contributed by atoms with Crippen molar-refractivity contribution in [3.05, 3.63) is 66.1 Å². The smallest absolute Gasteiger partial charge is 0.276 e. The second kappa shape index (κ2) is 11.7. The zero-order valence-corrected chi connectivity index (χ0v) is 17.4. The quantitative estimate of drug-likeness (QED) is 0.302. The van der Waals surface area contributed by atoms with Gasteiger partial charge in [0.25, 0.3) is 5.89 Å². The molecule has 0 aliphatic heterocycles. The summed E-state index contributed by atoms with van der Waals surface area (Å²) >= 11 is 0. The van der Waals surface area contributed by atoms with E-state index in [-0.39, 0.29) is 6.10 Å². The minimum absolute atomic E-state index is 0.0922. The van der Waals surface area contributed by atoms with Gasteiger partial charge in [-0.05, 0) is 31.0 Å². The molecule has 0 aliphatic rings. The first-order valence-corrected chi connectivity index (χ1v) is 10.1. The van der Waals surface area contributed by atoms with Crippen LogP contribution in [0.1, 0.15) is 30.8 Å². The summed E-state index contributed by atoms with van der Waals surface area (Å²) in [5, 5.41) is 10.5. The molecule has 1 atom stereocenters. The summed E-state index contributed by atoms with van der Waals surface area (Å²) in [5.41, 5.74) is 1.86. The number of aromatic nitrogens is 3. The Hall–Kier alpha value is -3.26. The lowest BCUT2D eigenvalue weighted by Crippen LogP contribution is -2.39. The van der Waals surface area contributed by atoms with E-state index in [4.69, 9.17) is 9.26 Å². The summed E-state index contributed by atoms with van der Waals surface area (Å²) in [6.07, 6.45) is 3.30. The third kappa shape index (κ3) is 6.66. The highest BCUT2D eigenvalue weighted by Crippen LogP contribution is 2.15. The highest BCUT2D eigenvalue weighted by atomic mass is 16.5. The number of benzene rings is 1. The van der Waals surface area contributed by atoms with Crippen LogP contribution in [-0.4, -0.2) is 47.8 Å². The summed E-state index contributed by atoms with van der Waals surface area (Å²) in [7, 11) is 1.75. The maximum absolute atomic E-state index is 5.89. The lowest BCUT2D eigenvalue weighted by molar-refractivity contribution is 0.0646. The Labute approximate surface area is 176 Å². The fourth-order valence-electron chi connectivity index (χ4n) is 2.82. The molecule has 1 aromatic carbocycles. The highest BCUT2D eigenvalue weighted by molar-refractivity contribution is 5.79. The number of nitrogens with zero attached hydrogens (tertiary/aromatic N) is 4. The first kappa shape index (κ1) is 21.4. The Bertz CT molecular complexity index is 898. The van der Waals surface area contributed by atoms with E-state index in [1.807, 2.05) is 36.4 Å².